The number of hydrogen-bond acceptors (Lipinski definition) is 6. The molecule has 0 saturated heterocycles. The number of aromatic nitrogens is 2. The van der Waals surface area contributed by atoms with Gasteiger partial charge in [0, 0.05) is 18.2 Å². The van der Waals surface area contributed by atoms with E-state index in [0.29, 0.717) is 18.1 Å². The van der Waals surface area contributed by atoms with Gasteiger partial charge < -0.3 is 15.8 Å². The molecule has 1 aromatic heterocycles. The lowest BCUT2D eigenvalue weighted by Crippen LogP contribution is -2.20. The molecule has 0 aromatic carbocycles. The summed E-state index contributed by atoms with van der Waals surface area (Å²) in [6.07, 6.45) is 0.674. The van der Waals surface area contributed by atoms with Crippen LogP contribution in [0.3, 0.4) is 0 Å². The molecule has 6 heteroatoms. The van der Waals surface area contributed by atoms with E-state index in [9.17, 15) is 0 Å². The Morgan fingerprint density at radius 3 is 2.50 bits per heavy atom. The van der Waals surface area contributed by atoms with Crippen LogP contribution < -0.4 is 16.6 Å². The second-order valence-electron chi connectivity index (χ2n) is 3.80. The zero-order chi connectivity index (χ0) is 12.1. The Morgan fingerprint density at radius 1 is 1.31 bits per heavy atom. The largest absolute Gasteiger partial charge is 0.396 e. The molecule has 0 radical (unpaired) electrons. The first-order valence-electron chi connectivity index (χ1n) is 5.27. The molecule has 6 nitrogen and oxygen atoms in total. The number of nitrogens with zero attached hydrogens (tertiary/aromatic N) is 2. The van der Waals surface area contributed by atoms with Crippen LogP contribution >= 0.6 is 0 Å². The standard InChI is InChI=1S/C10H19N5O/c1-6(4-5-16)12-9-7(2)10(15-11)14-8(3)13-9/h6,16H,4-5,11H2,1-3H3,(H2,12,13,14,15). The minimum Gasteiger partial charge on any atom is -0.396 e. The fraction of sp³-hybridized carbons (Fsp3) is 0.600. The van der Waals surface area contributed by atoms with Gasteiger partial charge in [-0.15, -0.1) is 0 Å². The van der Waals surface area contributed by atoms with Crippen molar-refractivity contribution in [2.45, 2.75) is 33.2 Å². The summed E-state index contributed by atoms with van der Waals surface area (Å²) in [5.74, 6) is 7.39. The fourth-order valence-electron chi connectivity index (χ4n) is 1.41. The second-order valence-corrected chi connectivity index (χ2v) is 3.80. The predicted molar refractivity (Wildman–Crippen MR) is 64.1 cm³/mol. The lowest BCUT2D eigenvalue weighted by molar-refractivity contribution is 0.282. The van der Waals surface area contributed by atoms with Crippen LogP contribution in [0.5, 0.6) is 0 Å². The van der Waals surface area contributed by atoms with Gasteiger partial charge in [0.25, 0.3) is 0 Å². The third-order valence-electron chi connectivity index (χ3n) is 2.34. The van der Waals surface area contributed by atoms with E-state index in [4.69, 9.17) is 10.9 Å². The van der Waals surface area contributed by atoms with E-state index in [1.165, 1.54) is 0 Å². The molecule has 0 aliphatic rings. The Bertz CT molecular complexity index is 355. The van der Waals surface area contributed by atoms with Crippen molar-refractivity contribution in [3.05, 3.63) is 11.4 Å². The van der Waals surface area contributed by atoms with Crippen molar-refractivity contribution in [2.75, 3.05) is 17.3 Å². The van der Waals surface area contributed by atoms with Crippen molar-refractivity contribution < 1.29 is 5.11 Å². The van der Waals surface area contributed by atoms with Gasteiger partial charge in [0.05, 0.1) is 0 Å². The summed E-state index contributed by atoms with van der Waals surface area (Å²) < 4.78 is 0. The molecule has 1 aromatic rings. The average molecular weight is 225 g/mol. The van der Waals surface area contributed by atoms with Crippen molar-refractivity contribution in [1.82, 2.24) is 9.97 Å². The molecule has 0 bridgehead atoms. The van der Waals surface area contributed by atoms with E-state index in [1.54, 1.807) is 0 Å². The van der Waals surface area contributed by atoms with Gasteiger partial charge in [-0.2, -0.15) is 0 Å². The van der Waals surface area contributed by atoms with Crippen molar-refractivity contribution in [3.8, 4) is 0 Å². The Kier molecular flexibility index (Phi) is 4.45. The fourth-order valence-corrected chi connectivity index (χ4v) is 1.41. The van der Waals surface area contributed by atoms with E-state index >= 15 is 0 Å². The SMILES string of the molecule is Cc1nc(NN)c(C)c(NC(C)CCO)n1. The maximum Gasteiger partial charge on any atom is 0.148 e. The number of aliphatic hydroxyl groups is 1. The molecule has 0 amide bonds. The van der Waals surface area contributed by atoms with Crippen LogP contribution in [0.4, 0.5) is 11.6 Å². The number of nitrogens with two attached hydrogens (primary N) is 1. The molecule has 1 rings (SSSR count). The predicted octanol–water partition coefficient (Wildman–Crippen LogP) is 0.562. The topological polar surface area (TPSA) is 96.1 Å². The lowest BCUT2D eigenvalue weighted by Gasteiger charge is -2.16. The number of aliphatic hydroxyl groups excluding tert-OH is 1. The molecule has 0 aliphatic heterocycles. The minimum absolute atomic E-state index is 0.152. The van der Waals surface area contributed by atoms with Gasteiger partial charge in [-0.3, -0.25) is 0 Å². The van der Waals surface area contributed by atoms with Crippen LogP contribution in [0.25, 0.3) is 0 Å². The van der Waals surface area contributed by atoms with Crippen LogP contribution in [0.2, 0.25) is 0 Å². The molecule has 90 valence electrons. The average Bonchev–Trinajstić information content (AvgIpc) is 2.23. The molecule has 1 atom stereocenters. The molecular weight excluding hydrogens is 206 g/mol. The van der Waals surface area contributed by atoms with E-state index in [2.05, 4.69) is 20.7 Å². The zero-order valence-electron chi connectivity index (χ0n) is 9.91. The number of rotatable bonds is 5. The Balaban J connectivity index is 2.90. The van der Waals surface area contributed by atoms with Gasteiger partial charge in [-0.25, -0.2) is 15.8 Å². The molecule has 1 heterocycles. The van der Waals surface area contributed by atoms with Crippen LogP contribution in [0.15, 0.2) is 0 Å². The molecule has 5 N–H and O–H groups in total. The third kappa shape index (κ3) is 3.04. The zero-order valence-corrected chi connectivity index (χ0v) is 9.91. The highest BCUT2D eigenvalue weighted by atomic mass is 16.3. The highest BCUT2D eigenvalue weighted by molar-refractivity contribution is 5.56. The van der Waals surface area contributed by atoms with Gasteiger partial charge in [0.15, 0.2) is 0 Å². The summed E-state index contributed by atoms with van der Waals surface area (Å²) in [7, 11) is 0. The van der Waals surface area contributed by atoms with Gasteiger partial charge in [-0.05, 0) is 27.2 Å². The first-order valence-corrected chi connectivity index (χ1v) is 5.27. The molecule has 16 heavy (non-hydrogen) atoms. The Hall–Kier alpha value is -1.40. The lowest BCUT2D eigenvalue weighted by atomic mass is 10.2. The monoisotopic (exact) mass is 225 g/mol. The third-order valence-corrected chi connectivity index (χ3v) is 2.34. The molecule has 0 fully saturated rings. The summed E-state index contributed by atoms with van der Waals surface area (Å²) in [5, 5.41) is 12.1. The molecule has 0 aliphatic carbocycles. The van der Waals surface area contributed by atoms with E-state index < -0.39 is 0 Å². The first-order chi connectivity index (χ1) is 7.58. The normalized spacial score (nSPS) is 12.3. The van der Waals surface area contributed by atoms with E-state index in [1.807, 2.05) is 20.8 Å². The van der Waals surface area contributed by atoms with Gasteiger partial charge in [0.2, 0.25) is 0 Å². The maximum atomic E-state index is 8.83. The molecule has 0 saturated carbocycles. The van der Waals surface area contributed by atoms with Crippen LogP contribution in [0, 0.1) is 13.8 Å². The van der Waals surface area contributed by atoms with Crippen molar-refractivity contribution >= 4 is 11.6 Å². The van der Waals surface area contributed by atoms with Crippen molar-refractivity contribution in [3.63, 3.8) is 0 Å². The van der Waals surface area contributed by atoms with Crippen molar-refractivity contribution in [1.29, 1.82) is 0 Å². The summed E-state index contributed by atoms with van der Waals surface area (Å²) >= 11 is 0. The highest BCUT2D eigenvalue weighted by Crippen LogP contribution is 2.19. The first kappa shape index (κ1) is 12.7. The second kappa shape index (κ2) is 5.62. The number of aryl methyl sites for hydroxylation is 1. The smallest absolute Gasteiger partial charge is 0.148 e. The number of nitrogens with one attached hydrogen (secondary N) is 2. The molecule has 0 spiro atoms. The Labute approximate surface area is 95.3 Å². The van der Waals surface area contributed by atoms with Crippen molar-refractivity contribution in [2.24, 2.45) is 5.84 Å². The Morgan fingerprint density at radius 2 is 1.94 bits per heavy atom. The number of anilines is 2. The number of hydrazine groups is 1. The minimum atomic E-state index is 0.152. The maximum absolute atomic E-state index is 8.83. The van der Waals surface area contributed by atoms with Crippen LogP contribution in [0.1, 0.15) is 24.7 Å². The molecule has 1 unspecified atom stereocenters. The summed E-state index contributed by atoms with van der Waals surface area (Å²) in [5.41, 5.74) is 3.41. The number of hydrogen-bond donors (Lipinski definition) is 4. The summed E-state index contributed by atoms with van der Waals surface area (Å²) in [6, 6.07) is 0.156. The van der Waals surface area contributed by atoms with Crippen LogP contribution in [-0.2, 0) is 0 Å². The van der Waals surface area contributed by atoms with Crippen LogP contribution in [-0.4, -0.2) is 27.7 Å². The van der Waals surface area contributed by atoms with E-state index in [0.717, 1.165) is 11.4 Å². The number of nitrogen functional groups attached to an aromatic ring is 1. The summed E-state index contributed by atoms with van der Waals surface area (Å²) in [6.45, 7) is 5.84. The molecular formula is C10H19N5O. The highest BCUT2D eigenvalue weighted by Gasteiger charge is 2.10. The summed E-state index contributed by atoms with van der Waals surface area (Å²) in [4.78, 5) is 8.47. The van der Waals surface area contributed by atoms with Gasteiger partial charge >= 0.3 is 0 Å². The van der Waals surface area contributed by atoms with E-state index in [-0.39, 0.29) is 12.6 Å². The van der Waals surface area contributed by atoms with Gasteiger partial charge in [-0.1, -0.05) is 0 Å². The van der Waals surface area contributed by atoms with Gasteiger partial charge in [0.1, 0.15) is 17.5 Å². The quantitative estimate of drug-likeness (QED) is 0.432.